The number of ether oxygens (including phenoxy) is 1. The first-order chi connectivity index (χ1) is 5.93. The molecular weight excluding hydrogens is 168 g/mol. The molecule has 0 bridgehead atoms. The minimum Gasteiger partial charge on any atom is -0.493 e. The van der Waals surface area contributed by atoms with Crippen LogP contribution in [0, 0.1) is 0 Å². The molecule has 0 saturated carbocycles. The smallest absolute Gasteiger partial charge is 0.119 e. The van der Waals surface area contributed by atoms with Crippen molar-refractivity contribution in [2.45, 2.75) is 6.42 Å². The van der Waals surface area contributed by atoms with E-state index < -0.39 is 0 Å². The van der Waals surface area contributed by atoms with Crippen LogP contribution in [0.25, 0.3) is 0 Å². The van der Waals surface area contributed by atoms with Crippen LogP contribution in [0.15, 0.2) is 30.3 Å². The maximum atomic E-state index is 5.50. The predicted molar refractivity (Wildman–Crippen MR) is 56.1 cm³/mol. The van der Waals surface area contributed by atoms with Crippen molar-refractivity contribution in [3.63, 3.8) is 0 Å². The molecule has 0 atom stereocenters. The lowest BCUT2D eigenvalue weighted by Gasteiger charge is -2.02. The van der Waals surface area contributed by atoms with Crippen molar-refractivity contribution in [3.8, 4) is 5.75 Å². The quantitative estimate of drug-likeness (QED) is 0.385. The van der Waals surface area contributed by atoms with E-state index in [1.807, 2.05) is 30.3 Å². The first kappa shape index (κ1) is 9.46. The Morgan fingerprint density at radius 1 is 1.25 bits per heavy atom. The first-order valence-electron chi connectivity index (χ1n) is 4.17. The Kier molecular flexibility index (Phi) is 4.69. The average Bonchev–Trinajstić information content (AvgIpc) is 2.14. The van der Waals surface area contributed by atoms with Gasteiger partial charge in [-0.25, -0.2) is 0 Å². The summed E-state index contributed by atoms with van der Waals surface area (Å²) in [5.41, 5.74) is 0. The molecule has 66 valence electrons. The summed E-state index contributed by atoms with van der Waals surface area (Å²) in [7, 11) is 0. The van der Waals surface area contributed by atoms with Gasteiger partial charge in [-0.15, -0.1) is 0 Å². The molecule has 1 aromatic rings. The van der Waals surface area contributed by atoms with Gasteiger partial charge in [0, 0.05) is 6.42 Å². The molecule has 0 fully saturated rings. The summed E-state index contributed by atoms with van der Waals surface area (Å²) in [4.78, 5) is 0. The fourth-order valence-electron chi connectivity index (χ4n) is 0.929. The molecule has 0 heterocycles. The molecule has 0 N–H and O–H groups in total. The van der Waals surface area contributed by atoms with Gasteiger partial charge in [0.25, 0.3) is 0 Å². The second-order valence-corrected chi connectivity index (χ2v) is 3.63. The van der Waals surface area contributed by atoms with Crippen LogP contribution >= 0.6 is 0 Å². The van der Waals surface area contributed by atoms with Gasteiger partial charge in [-0.2, -0.15) is 0 Å². The van der Waals surface area contributed by atoms with Crippen LogP contribution in [0.5, 0.6) is 5.75 Å². The number of thiol groups is 1. The Labute approximate surface area is 78.1 Å². The lowest BCUT2D eigenvalue weighted by atomic mass is 10.3. The first-order valence-corrected chi connectivity index (χ1v) is 5.69. The van der Waals surface area contributed by atoms with Gasteiger partial charge in [-0.05, 0) is 23.9 Å². The average molecular weight is 183 g/mol. The Morgan fingerprint density at radius 3 is 2.67 bits per heavy atom. The highest BCUT2D eigenvalue weighted by molar-refractivity contribution is 7.77. The zero-order chi connectivity index (χ0) is 8.65. The van der Waals surface area contributed by atoms with E-state index in [1.54, 1.807) is 0 Å². The van der Waals surface area contributed by atoms with Gasteiger partial charge < -0.3 is 4.74 Å². The van der Waals surface area contributed by atoms with Crippen LogP contribution in [-0.2, 0) is 11.8 Å². The summed E-state index contributed by atoms with van der Waals surface area (Å²) in [5.74, 6) is 2.21. The minimum absolute atomic E-state index is 0.838. The van der Waals surface area contributed by atoms with Gasteiger partial charge in [0.15, 0.2) is 0 Å². The molecule has 0 aromatic heterocycles. The van der Waals surface area contributed by atoms with E-state index in [1.165, 1.54) is 17.5 Å². The zero-order valence-electron chi connectivity index (χ0n) is 7.36. The summed E-state index contributed by atoms with van der Waals surface area (Å²) in [6.45, 7) is 0.838. The Bertz CT molecular complexity index is 198. The van der Waals surface area contributed by atoms with Gasteiger partial charge in [0.1, 0.15) is 11.5 Å². The number of para-hydroxylation sites is 1. The Balaban J connectivity index is 2.16. The SMILES string of the molecule is C[SH+]CCCOc1ccccc1. The highest BCUT2D eigenvalue weighted by Gasteiger charge is 1.92. The van der Waals surface area contributed by atoms with Crippen LogP contribution in [0.3, 0.4) is 0 Å². The summed E-state index contributed by atoms with van der Waals surface area (Å²) in [5, 5.41) is 0. The number of benzene rings is 1. The standard InChI is InChI=1S/C10H14OS/c1-12-9-5-8-11-10-6-3-2-4-7-10/h2-4,6-7H,5,8-9H2,1H3/p+1. The number of hydrogen-bond donors (Lipinski definition) is 0. The predicted octanol–water partition coefficient (Wildman–Crippen LogP) is 1.90. The molecule has 0 saturated heterocycles. The molecule has 0 amide bonds. The van der Waals surface area contributed by atoms with Gasteiger partial charge >= 0.3 is 0 Å². The van der Waals surface area contributed by atoms with Crippen LogP contribution in [0.2, 0.25) is 0 Å². The molecule has 12 heavy (non-hydrogen) atoms. The van der Waals surface area contributed by atoms with Crippen LogP contribution < -0.4 is 4.74 Å². The van der Waals surface area contributed by atoms with Gasteiger partial charge in [-0.1, -0.05) is 18.2 Å². The highest BCUT2D eigenvalue weighted by Crippen LogP contribution is 2.07. The van der Waals surface area contributed by atoms with E-state index in [0.717, 1.165) is 18.8 Å². The van der Waals surface area contributed by atoms with Crippen molar-refractivity contribution >= 4 is 11.8 Å². The topological polar surface area (TPSA) is 9.23 Å². The van der Waals surface area contributed by atoms with Gasteiger partial charge in [-0.3, -0.25) is 0 Å². The summed E-state index contributed by atoms with van der Waals surface area (Å²) in [6.07, 6.45) is 3.31. The van der Waals surface area contributed by atoms with E-state index in [4.69, 9.17) is 4.74 Å². The third-order valence-electron chi connectivity index (χ3n) is 1.54. The van der Waals surface area contributed by atoms with Crippen molar-refractivity contribution in [2.75, 3.05) is 18.6 Å². The normalized spacial score (nSPS) is 9.75. The van der Waals surface area contributed by atoms with Crippen molar-refractivity contribution < 1.29 is 4.74 Å². The van der Waals surface area contributed by atoms with E-state index in [9.17, 15) is 0 Å². The lowest BCUT2D eigenvalue weighted by molar-refractivity contribution is 0.318. The highest BCUT2D eigenvalue weighted by atomic mass is 32.2. The molecule has 0 spiro atoms. The largest absolute Gasteiger partial charge is 0.493 e. The second kappa shape index (κ2) is 5.95. The molecule has 0 aliphatic carbocycles. The Hall–Kier alpha value is -0.630. The number of rotatable bonds is 5. The fourth-order valence-corrected chi connectivity index (χ4v) is 1.37. The maximum absolute atomic E-state index is 5.50. The van der Waals surface area contributed by atoms with Gasteiger partial charge in [0.2, 0.25) is 0 Å². The molecule has 0 aliphatic rings. The van der Waals surface area contributed by atoms with Crippen molar-refractivity contribution in [1.82, 2.24) is 0 Å². The zero-order valence-corrected chi connectivity index (χ0v) is 8.26. The fraction of sp³-hybridized carbons (Fsp3) is 0.400. The molecule has 1 nitrogen and oxygen atoms in total. The van der Waals surface area contributed by atoms with Gasteiger partial charge in [0.05, 0.1) is 12.9 Å². The van der Waals surface area contributed by atoms with Crippen molar-refractivity contribution in [1.29, 1.82) is 0 Å². The molecular formula is C10H15OS+. The van der Waals surface area contributed by atoms with Crippen LogP contribution in [0.1, 0.15) is 6.42 Å². The summed E-state index contributed by atoms with van der Waals surface area (Å²) >= 11 is 1.45. The molecule has 1 aromatic carbocycles. The third-order valence-corrected chi connectivity index (χ3v) is 2.30. The van der Waals surface area contributed by atoms with E-state index in [-0.39, 0.29) is 0 Å². The molecule has 0 unspecified atom stereocenters. The third kappa shape index (κ3) is 3.67. The van der Waals surface area contributed by atoms with E-state index in [0.29, 0.717) is 0 Å². The van der Waals surface area contributed by atoms with E-state index >= 15 is 0 Å². The van der Waals surface area contributed by atoms with Crippen molar-refractivity contribution in [2.24, 2.45) is 0 Å². The molecule has 0 radical (unpaired) electrons. The van der Waals surface area contributed by atoms with E-state index in [2.05, 4.69) is 6.26 Å². The lowest BCUT2D eigenvalue weighted by Crippen LogP contribution is -2.00. The second-order valence-electron chi connectivity index (χ2n) is 2.55. The monoisotopic (exact) mass is 183 g/mol. The van der Waals surface area contributed by atoms with Crippen LogP contribution in [-0.4, -0.2) is 18.6 Å². The molecule has 1 rings (SSSR count). The maximum Gasteiger partial charge on any atom is 0.119 e. The molecule has 2 heteroatoms. The summed E-state index contributed by atoms with van der Waals surface area (Å²) in [6, 6.07) is 9.96. The summed E-state index contributed by atoms with van der Waals surface area (Å²) < 4.78 is 5.50. The number of hydrogen-bond acceptors (Lipinski definition) is 1. The van der Waals surface area contributed by atoms with Crippen LogP contribution in [0.4, 0.5) is 0 Å². The minimum atomic E-state index is 0.838. The molecule has 0 aliphatic heterocycles. The Morgan fingerprint density at radius 2 is 2.00 bits per heavy atom. The van der Waals surface area contributed by atoms with Crippen molar-refractivity contribution in [3.05, 3.63) is 30.3 Å².